The van der Waals surface area contributed by atoms with Crippen LogP contribution in [0.2, 0.25) is 0 Å². The Kier molecular flexibility index (Phi) is 7.28. The van der Waals surface area contributed by atoms with Gasteiger partial charge in [0, 0.05) is 17.5 Å². The molecule has 0 aliphatic heterocycles. The van der Waals surface area contributed by atoms with Crippen LogP contribution in [-0.2, 0) is 10.0 Å². The Hall–Kier alpha value is -0.980. The molecule has 0 saturated heterocycles. The first-order chi connectivity index (χ1) is 9.93. The van der Waals surface area contributed by atoms with E-state index >= 15 is 0 Å². The van der Waals surface area contributed by atoms with Gasteiger partial charge >= 0.3 is 0 Å². The normalized spacial score (nSPS) is 13.0. The van der Waals surface area contributed by atoms with Gasteiger partial charge in [-0.05, 0) is 38.0 Å². The largest absolute Gasteiger partial charge is 0.497 e. The highest BCUT2D eigenvalue weighted by molar-refractivity contribution is 7.89. The van der Waals surface area contributed by atoms with E-state index in [2.05, 4.69) is 4.72 Å². The summed E-state index contributed by atoms with van der Waals surface area (Å²) in [5, 5.41) is 0. The first-order valence-corrected chi connectivity index (χ1v) is 8.90. The van der Waals surface area contributed by atoms with Crippen LogP contribution < -0.4 is 14.2 Å². The van der Waals surface area contributed by atoms with Gasteiger partial charge in [-0.15, -0.1) is 11.6 Å². The summed E-state index contributed by atoms with van der Waals surface area (Å²) in [6, 6.07) is 4.89. The van der Waals surface area contributed by atoms with E-state index in [9.17, 15) is 8.42 Å². The molecule has 1 N–H and O–H groups in total. The molecule has 0 fully saturated rings. The van der Waals surface area contributed by atoms with Gasteiger partial charge in [0.15, 0.2) is 0 Å². The average Bonchev–Trinajstić information content (AvgIpc) is 2.46. The number of ether oxygens (including phenoxy) is 2. The minimum Gasteiger partial charge on any atom is -0.497 e. The standard InChI is InChI=1S/C14H22ClNO4S/c1-11(16-21(17,18)9-5-4-8-15)13-10-12(19-2)6-7-14(13)20-3/h6-7,10-11,16H,4-5,8-9H2,1-3H3. The number of methoxy groups -OCH3 is 2. The van der Waals surface area contributed by atoms with Crippen LogP contribution in [0, 0.1) is 0 Å². The number of hydrogen-bond donors (Lipinski definition) is 1. The van der Waals surface area contributed by atoms with Crippen molar-refractivity contribution in [2.75, 3.05) is 25.9 Å². The zero-order valence-electron chi connectivity index (χ0n) is 12.6. The van der Waals surface area contributed by atoms with Crippen LogP contribution in [0.3, 0.4) is 0 Å². The van der Waals surface area contributed by atoms with Crippen molar-refractivity contribution in [3.63, 3.8) is 0 Å². The van der Waals surface area contributed by atoms with Crippen LogP contribution in [0.4, 0.5) is 0 Å². The Morgan fingerprint density at radius 3 is 2.52 bits per heavy atom. The number of nitrogens with one attached hydrogen (secondary N) is 1. The maximum absolute atomic E-state index is 12.0. The molecule has 1 unspecified atom stereocenters. The molecule has 0 aromatic heterocycles. The molecule has 7 heteroatoms. The lowest BCUT2D eigenvalue weighted by Gasteiger charge is -2.18. The lowest BCUT2D eigenvalue weighted by molar-refractivity contribution is 0.395. The van der Waals surface area contributed by atoms with Crippen molar-refractivity contribution in [1.82, 2.24) is 4.72 Å². The van der Waals surface area contributed by atoms with Crippen molar-refractivity contribution < 1.29 is 17.9 Å². The summed E-state index contributed by atoms with van der Waals surface area (Å²) in [6.45, 7) is 1.77. The Bertz CT molecular complexity index is 548. The van der Waals surface area contributed by atoms with Crippen LogP contribution in [0.5, 0.6) is 11.5 Å². The van der Waals surface area contributed by atoms with Gasteiger partial charge in [0.2, 0.25) is 10.0 Å². The quantitative estimate of drug-likeness (QED) is 0.556. The van der Waals surface area contributed by atoms with Gasteiger partial charge in [0.1, 0.15) is 11.5 Å². The van der Waals surface area contributed by atoms with E-state index in [1.165, 1.54) is 0 Å². The van der Waals surface area contributed by atoms with Crippen molar-refractivity contribution >= 4 is 21.6 Å². The van der Waals surface area contributed by atoms with Gasteiger partial charge in [-0.2, -0.15) is 0 Å². The highest BCUT2D eigenvalue weighted by atomic mass is 35.5. The number of hydrogen-bond acceptors (Lipinski definition) is 4. The fourth-order valence-corrected chi connectivity index (χ4v) is 3.51. The molecule has 1 aromatic carbocycles. The molecule has 1 aromatic rings. The Morgan fingerprint density at radius 2 is 1.95 bits per heavy atom. The number of rotatable bonds is 9. The van der Waals surface area contributed by atoms with E-state index < -0.39 is 16.1 Å². The molecule has 0 bridgehead atoms. The first kappa shape index (κ1) is 18.1. The zero-order valence-corrected chi connectivity index (χ0v) is 14.1. The summed E-state index contributed by atoms with van der Waals surface area (Å²) >= 11 is 5.56. The summed E-state index contributed by atoms with van der Waals surface area (Å²) in [7, 11) is -0.240. The maximum atomic E-state index is 12.0. The van der Waals surface area contributed by atoms with Gasteiger partial charge in [-0.3, -0.25) is 0 Å². The lowest BCUT2D eigenvalue weighted by atomic mass is 10.1. The number of halogens is 1. The number of sulfonamides is 1. The molecule has 1 atom stereocenters. The second-order valence-corrected chi connectivity index (χ2v) is 6.91. The number of unbranched alkanes of at least 4 members (excludes halogenated alkanes) is 1. The monoisotopic (exact) mass is 335 g/mol. The van der Waals surface area contributed by atoms with E-state index in [0.717, 1.165) is 5.56 Å². The molecular formula is C14H22ClNO4S. The first-order valence-electron chi connectivity index (χ1n) is 6.71. The lowest BCUT2D eigenvalue weighted by Crippen LogP contribution is -2.29. The van der Waals surface area contributed by atoms with E-state index in [1.54, 1.807) is 39.3 Å². The molecule has 0 aliphatic carbocycles. The second kappa shape index (κ2) is 8.46. The van der Waals surface area contributed by atoms with E-state index in [1.807, 2.05) is 0 Å². The molecule has 1 rings (SSSR count). The van der Waals surface area contributed by atoms with Crippen LogP contribution in [0.25, 0.3) is 0 Å². The SMILES string of the molecule is COc1ccc(OC)c(C(C)NS(=O)(=O)CCCCCl)c1. The summed E-state index contributed by atoms with van der Waals surface area (Å²) in [5.74, 6) is 1.80. The molecule has 0 saturated carbocycles. The van der Waals surface area contributed by atoms with Gasteiger partial charge < -0.3 is 9.47 Å². The predicted molar refractivity (Wildman–Crippen MR) is 84.8 cm³/mol. The fraction of sp³-hybridized carbons (Fsp3) is 0.571. The third-order valence-electron chi connectivity index (χ3n) is 3.06. The minimum atomic E-state index is -3.35. The van der Waals surface area contributed by atoms with E-state index in [-0.39, 0.29) is 5.75 Å². The Balaban J connectivity index is 2.85. The Labute approximate surface area is 131 Å². The van der Waals surface area contributed by atoms with Crippen LogP contribution in [0.1, 0.15) is 31.4 Å². The Morgan fingerprint density at radius 1 is 1.24 bits per heavy atom. The minimum absolute atomic E-state index is 0.0658. The van der Waals surface area contributed by atoms with Gasteiger partial charge in [-0.1, -0.05) is 0 Å². The molecule has 5 nitrogen and oxygen atoms in total. The average molecular weight is 336 g/mol. The van der Waals surface area contributed by atoms with Gasteiger partial charge in [0.05, 0.1) is 20.0 Å². The van der Waals surface area contributed by atoms with Crippen molar-refractivity contribution in [2.45, 2.75) is 25.8 Å². The smallest absolute Gasteiger partial charge is 0.212 e. The highest BCUT2D eigenvalue weighted by Gasteiger charge is 2.19. The zero-order chi connectivity index (χ0) is 15.9. The molecule has 120 valence electrons. The van der Waals surface area contributed by atoms with Gasteiger partial charge in [-0.25, -0.2) is 13.1 Å². The summed E-state index contributed by atoms with van der Waals surface area (Å²) < 4.78 is 37.1. The third-order valence-corrected chi connectivity index (χ3v) is 4.86. The van der Waals surface area contributed by atoms with Crippen LogP contribution in [0.15, 0.2) is 18.2 Å². The third kappa shape index (κ3) is 5.73. The summed E-state index contributed by atoms with van der Waals surface area (Å²) in [6.07, 6.45) is 1.22. The molecule has 0 radical (unpaired) electrons. The van der Waals surface area contributed by atoms with E-state index in [0.29, 0.717) is 30.2 Å². The number of benzene rings is 1. The summed E-state index contributed by atoms with van der Waals surface area (Å²) in [4.78, 5) is 0. The van der Waals surface area contributed by atoms with Crippen LogP contribution in [-0.4, -0.2) is 34.3 Å². The maximum Gasteiger partial charge on any atom is 0.212 e. The molecule has 0 spiro atoms. The molecule has 0 amide bonds. The van der Waals surface area contributed by atoms with Crippen molar-refractivity contribution in [2.24, 2.45) is 0 Å². The second-order valence-electron chi connectivity index (χ2n) is 4.66. The van der Waals surface area contributed by atoms with Crippen molar-refractivity contribution in [3.8, 4) is 11.5 Å². The number of alkyl halides is 1. The van der Waals surface area contributed by atoms with E-state index in [4.69, 9.17) is 21.1 Å². The van der Waals surface area contributed by atoms with Crippen molar-refractivity contribution in [3.05, 3.63) is 23.8 Å². The van der Waals surface area contributed by atoms with Crippen LogP contribution >= 0.6 is 11.6 Å². The summed E-state index contributed by atoms with van der Waals surface area (Å²) in [5.41, 5.74) is 0.734. The fourth-order valence-electron chi connectivity index (χ4n) is 1.96. The highest BCUT2D eigenvalue weighted by Crippen LogP contribution is 2.29. The molecular weight excluding hydrogens is 314 g/mol. The molecule has 0 aliphatic rings. The molecule has 21 heavy (non-hydrogen) atoms. The van der Waals surface area contributed by atoms with Crippen molar-refractivity contribution in [1.29, 1.82) is 0 Å². The van der Waals surface area contributed by atoms with Gasteiger partial charge in [0.25, 0.3) is 0 Å². The topological polar surface area (TPSA) is 64.6 Å². The predicted octanol–water partition coefficient (Wildman–Crippen LogP) is 2.70. The molecule has 0 heterocycles.